The van der Waals surface area contributed by atoms with E-state index < -0.39 is 0 Å². The van der Waals surface area contributed by atoms with Crippen LogP contribution >= 0.6 is 0 Å². The average Bonchev–Trinajstić information content (AvgIpc) is 2.81. The maximum Gasteiger partial charge on any atom is 0.213 e. The molecule has 0 saturated carbocycles. The predicted molar refractivity (Wildman–Crippen MR) is 134 cm³/mol. The SMILES string of the molecule is CCCCCCCCOc1cccc(-c2ccccc2OCCCC[Si]CCCC)n1. The zero-order chi connectivity index (χ0) is 22.0. The second-order valence-electron chi connectivity index (χ2n) is 8.13. The molecule has 2 rings (SSSR count). The van der Waals surface area contributed by atoms with Crippen LogP contribution in [0.5, 0.6) is 11.6 Å². The van der Waals surface area contributed by atoms with Crippen LogP contribution in [0.3, 0.4) is 0 Å². The Kier molecular flexibility index (Phi) is 13.8. The van der Waals surface area contributed by atoms with Crippen molar-refractivity contribution in [3.8, 4) is 22.9 Å². The van der Waals surface area contributed by atoms with Crippen molar-refractivity contribution in [2.45, 2.75) is 90.1 Å². The Morgan fingerprint density at radius 3 is 2.26 bits per heavy atom. The number of hydrogen-bond donors (Lipinski definition) is 0. The normalized spacial score (nSPS) is 10.9. The Labute approximate surface area is 192 Å². The van der Waals surface area contributed by atoms with Gasteiger partial charge in [-0.2, -0.15) is 0 Å². The van der Waals surface area contributed by atoms with Gasteiger partial charge in [-0.3, -0.25) is 0 Å². The molecule has 4 heteroatoms. The van der Waals surface area contributed by atoms with Crippen LogP contribution in [0.25, 0.3) is 11.3 Å². The third-order valence-electron chi connectivity index (χ3n) is 5.35. The lowest BCUT2D eigenvalue weighted by Crippen LogP contribution is -2.02. The minimum Gasteiger partial charge on any atom is -0.493 e. The van der Waals surface area contributed by atoms with E-state index in [0.717, 1.165) is 52.6 Å². The van der Waals surface area contributed by atoms with Crippen LogP contribution < -0.4 is 9.47 Å². The quantitative estimate of drug-likeness (QED) is 0.174. The van der Waals surface area contributed by atoms with Crippen molar-refractivity contribution in [2.24, 2.45) is 0 Å². The van der Waals surface area contributed by atoms with Crippen LogP contribution in [0.4, 0.5) is 0 Å². The van der Waals surface area contributed by atoms with E-state index in [2.05, 4.69) is 19.9 Å². The van der Waals surface area contributed by atoms with Crippen molar-refractivity contribution in [3.05, 3.63) is 42.5 Å². The van der Waals surface area contributed by atoms with Gasteiger partial charge in [0.15, 0.2) is 0 Å². The molecule has 0 saturated heterocycles. The smallest absolute Gasteiger partial charge is 0.213 e. The lowest BCUT2D eigenvalue weighted by Gasteiger charge is -2.12. The summed E-state index contributed by atoms with van der Waals surface area (Å²) < 4.78 is 12.0. The van der Waals surface area contributed by atoms with E-state index in [9.17, 15) is 0 Å². The third-order valence-corrected chi connectivity index (χ3v) is 6.76. The van der Waals surface area contributed by atoms with Gasteiger partial charge in [-0.1, -0.05) is 95.5 Å². The molecule has 0 unspecified atom stereocenters. The second kappa shape index (κ2) is 16.8. The molecule has 3 nitrogen and oxygen atoms in total. The molecule has 0 spiro atoms. The van der Waals surface area contributed by atoms with Gasteiger partial charge >= 0.3 is 0 Å². The number of ether oxygens (including phenoxy) is 2. The fourth-order valence-electron chi connectivity index (χ4n) is 3.47. The van der Waals surface area contributed by atoms with Crippen molar-refractivity contribution in [1.82, 2.24) is 4.98 Å². The van der Waals surface area contributed by atoms with E-state index in [4.69, 9.17) is 14.5 Å². The van der Waals surface area contributed by atoms with Crippen LogP contribution in [0.2, 0.25) is 12.1 Å². The zero-order valence-electron chi connectivity index (χ0n) is 19.7. The number of aromatic nitrogens is 1. The van der Waals surface area contributed by atoms with Gasteiger partial charge in [0.1, 0.15) is 5.75 Å². The molecule has 0 aliphatic rings. The highest BCUT2D eigenvalue weighted by Crippen LogP contribution is 2.29. The van der Waals surface area contributed by atoms with Crippen LogP contribution in [0.15, 0.2) is 42.5 Å². The van der Waals surface area contributed by atoms with Crippen molar-refractivity contribution >= 4 is 9.52 Å². The molecule has 0 aliphatic heterocycles. The van der Waals surface area contributed by atoms with Crippen molar-refractivity contribution in [2.75, 3.05) is 13.2 Å². The molecule has 1 aromatic heterocycles. The number of hydrogen-bond acceptors (Lipinski definition) is 3. The van der Waals surface area contributed by atoms with Gasteiger partial charge in [0.2, 0.25) is 5.88 Å². The van der Waals surface area contributed by atoms with Gasteiger partial charge in [0, 0.05) is 21.1 Å². The molecule has 0 fully saturated rings. The van der Waals surface area contributed by atoms with E-state index in [1.807, 2.05) is 36.4 Å². The number of rotatable bonds is 18. The molecule has 0 aliphatic carbocycles. The fraction of sp³-hybridized carbons (Fsp3) is 0.593. The first kappa shape index (κ1) is 25.4. The molecule has 2 aromatic rings. The van der Waals surface area contributed by atoms with Crippen molar-refractivity contribution in [3.63, 3.8) is 0 Å². The first-order valence-electron chi connectivity index (χ1n) is 12.4. The monoisotopic (exact) mass is 439 g/mol. The summed E-state index contributed by atoms with van der Waals surface area (Å²) in [6, 6.07) is 16.9. The molecule has 0 amide bonds. The number of unbranched alkanes of at least 4 members (excludes halogenated alkanes) is 7. The Morgan fingerprint density at radius 1 is 0.677 bits per heavy atom. The number of nitrogens with zero attached hydrogens (tertiary/aromatic N) is 1. The molecule has 1 heterocycles. The molecule has 0 bridgehead atoms. The van der Waals surface area contributed by atoms with Gasteiger partial charge in [-0.15, -0.1) is 0 Å². The summed E-state index contributed by atoms with van der Waals surface area (Å²) in [5.41, 5.74) is 1.95. The van der Waals surface area contributed by atoms with E-state index in [1.54, 1.807) is 0 Å². The van der Waals surface area contributed by atoms with Crippen LogP contribution in [0, 0.1) is 0 Å². The molecular formula is C27H41NO2Si. The van der Waals surface area contributed by atoms with E-state index in [-0.39, 0.29) is 0 Å². The van der Waals surface area contributed by atoms with Gasteiger partial charge in [0.25, 0.3) is 0 Å². The summed E-state index contributed by atoms with van der Waals surface area (Å²) in [5, 5.41) is 0. The van der Waals surface area contributed by atoms with E-state index in [0.29, 0.717) is 5.88 Å². The first-order chi connectivity index (χ1) is 15.3. The standard InChI is InChI=1S/C27H41NO2Si/c1-3-5-7-8-9-12-21-30-27-19-15-17-25(28-27)24-16-10-11-18-26(24)29-20-13-14-23-31-22-6-4-2/h10-11,15-19H,3-9,12-14,20-23H2,1-2H3. The molecule has 0 atom stereocenters. The molecule has 170 valence electrons. The largest absolute Gasteiger partial charge is 0.493 e. The highest BCUT2D eigenvalue weighted by atomic mass is 28.2. The van der Waals surface area contributed by atoms with Crippen molar-refractivity contribution < 1.29 is 9.47 Å². The highest BCUT2D eigenvalue weighted by molar-refractivity contribution is 6.35. The maximum atomic E-state index is 6.13. The molecule has 0 N–H and O–H groups in total. The maximum absolute atomic E-state index is 6.13. The Balaban J connectivity index is 1.78. The van der Waals surface area contributed by atoms with Gasteiger partial charge in [-0.05, 0) is 31.0 Å². The van der Waals surface area contributed by atoms with Gasteiger partial charge in [0.05, 0.1) is 18.9 Å². The molecule has 2 radical (unpaired) electrons. The fourth-order valence-corrected chi connectivity index (χ4v) is 4.82. The summed E-state index contributed by atoms with van der Waals surface area (Å²) >= 11 is 0. The Bertz CT molecular complexity index is 707. The summed E-state index contributed by atoms with van der Waals surface area (Å²) in [7, 11) is 1.11. The first-order valence-corrected chi connectivity index (χ1v) is 13.8. The predicted octanol–water partition coefficient (Wildman–Crippen LogP) is 7.99. The average molecular weight is 440 g/mol. The summed E-state index contributed by atoms with van der Waals surface area (Å²) in [5.74, 6) is 1.62. The van der Waals surface area contributed by atoms with Crippen LogP contribution in [-0.2, 0) is 0 Å². The second-order valence-corrected chi connectivity index (χ2v) is 9.63. The molecular weight excluding hydrogens is 398 g/mol. The molecule has 1 aromatic carbocycles. The third kappa shape index (κ3) is 10.9. The minimum absolute atomic E-state index is 0.703. The lowest BCUT2D eigenvalue weighted by molar-refractivity contribution is 0.293. The van der Waals surface area contributed by atoms with Crippen LogP contribution in [-0.4, -0.2) is 27.7 Å². The van der Waals surface area contributed by atoms with Gasteiger partial charge in [-0.25, -0.2) is 4.98 Å². The lowest BCUT2D eigenvalue weighted by atomic mass is 10.1. The highest BCUT2D eigenvalue weighted by Gasteiger charge is 2.08. The number of benzene rings is 1. The number of para-hydroxylation sites is 1. The minimum atomic E-state index is 0.703. The summed E-state index contributed by atoms with van der Waals surface area (Å²) in [4.78, 5) is 4.74. The van der Waals surface area contributed by atoms with Gasteiger partial charge < -0.3 is 9.47 Å². The van der Waals surface area contributed by atoms with Crippen LogP contribution in [0.1, 0.15) is 78.1 Å². The Morgan fingerprint density at radius 2 is 1.39 bits per heavy atom. The van der Waals surface area contributed by atoms with E-state index >= 15 is 0 Å². The topological polar surface area (TPSA) is 31.4 Å². The van der Waals surface area contributed by atoms with E-state index in [1.165, 1.54) is 63.5 Å². The van der Waals surface area contributed by atoms with Crippen molar-refractivity contribution in [1.29, 1.82) is 0 Å². The molecule has 31 heavy (non-hydrogen) atoms. The number of pyridine rings is 1. The summed E-state index contributed by atoms with van der Waals surface area (Å²) in [6.45, 7) is 6.02. The summed E-state index contributed by atoms with van der Waals surface area (Å²) in [6.07, 6.45) is 12.6. The zero-order valence-corrected chi connectivity index (χ0v) is 20.7. The Hall–Kier alpha value is -1.81.